The van der Waals surface area contributed by atoms with Crippen molar-refractivity contribution in [2.45, 2.75) is 40.3 Å². The molecule has 0 fully saturated rings. The fraction of sp³-hybridized carbons (Fsp3) is 0.231. The number of nitrogens with one attached hydrogen (secondary N) is 1. The van der Waals surface area contributed by atoms with E-state index in [1.807, 2.05) is 48.9 Å². The lowest BCUT2D eigenvalue weighted by Crippen LogP contribution is -2.28. The first-order valence-electron chi connectivity index (χ1n) is 11.4. The molecule has 1 amide bonds. The number of para-hydroxylation sites is 1. The molecule has 0 bridgehead atoms. The summed E-state index contributed by atoms with van der Waals surface area (Å²) in [4.78, 5) is 17.4. The quantitative estimate of drug-likeness (QED) is 0.345. The highest BCUT2D eigenvalue weighted by Crippen LogP contribution is 2.33. The fourth-order valence-electron chi connectivity index (χ4n) is 4.35. The molecular formula is C26H24F2N6O2. The van der Waals surface area contributed by atoms with Crippen molar-refractivity contribution in [3.05, 3.63) is 83.0 Å². The first-order valence-corrected chi connectivity index (χ1v) is 11.4. The van der Waals surface area contributed by atoms with Crippen LogP contribution >= 0.6 is 0 Å². The van der Waals surface area contributed by atoms with Crippen molar-refractivity contribution in [3.63, 3.8) is 0 Å². The summed E-state index contributed by atoms with van der Waals surface area (Å²) in [7, 11) is 0. The second kappa shape index (κ2) is 9.37. The Bertz CT molecular complexity index is 1540. The number of amides is 1. The maximum Gasteiger partial charge on any atom is 0.264 e. The Morgan fingerprint density at radius 1 is 1.06 bits per heavy atom. The Hall–Kier alpha value is -4.34. The lowest BCUT2D eigenvalue weighted by Gasteiger charge is -2.09. The summed E-state index contributed by atoms with van der Waals surface area (Å²) in [5.41, 5.74) is 4.21. The molecule has 0 spiro atoms. The first-order chi connectivity index (χ1) is 17.3. The predicted octanol–water partition coefficient (Wildman–Crippen LogP) is 5.06. The summed E-state index contributed by atoms with van der Waals surface area (Å²) in [5, 5.41) is 12.1. The number of rotatable bonds is 7. The zero-order valence-corrected chi connectivity index (χ0v) is 20.0. The van der Waals surface area contributed by atoms with Crippen LogP contribution in [-0.2, 0) is 17.9 Å². The number of carbonyl (C=O) groups is 1. The van der Waals surface area contributed by atoms with Gasteiger partial charge in [-0.3, -0.25) is 4.79 Å². The fourth-order valence-corrected chi connectivity index (χ4v) is 4.35. The topological polar surface area (TPSA) is 90.8 Å². The largest absolute Gasteiger partial charge is 0.463 e. The third-order valence-corrected chi connectivity index (χ3v) is 6.11. The van der Waals surface area contributed by atoms with Crippen LogP contribution in [0.2, 0.25) is 0 Å². The summed E-state index contributed by atoms with van der Waals surface area (Å²) >= 11 is 0. The van der Waals surface area contributed by atoms with Gasteiger partial charge in [0.2, 0.25) is 5.91 Å². The van der Waals surface area contributed by atoms with Crippen molar-refractivity contribution < 1.29 is 18.0 Å². The van der Waals surface area contributed by atoms with Gasteiger partial charge < -0.3 is 9.73 Å². The number of carbonyl (C=O) groups excluding carboxylic acids is 1. The van der Waals surface area contributed by atoms with Crippen LogP contribution in [0, 0.1) is 20.8 Å². The van der Waals surface area contributed by atoms with Crippen LogP contribution in [0.25, 0.3) is 28.2 Å². The number of hydrogen-bond donors (Lipinski definition) is 1. The number of hydrogen-bond acceptors (Lipinski definition) is 5. The third-order valence-electron chi connectivity index (χ3n) is 6.11. The lowest BCUT2D eigenvalue weighted by molar-refractivity contribution is -0.121. The summed E-state index contributed by atoms with van der Waals surface area (Å²) in [6, 6.07) is 14.3. The van der Waals surface area contributed by atoms with Crippen LogP contribution in [0.15, 0.2) is 59.2 Å². The molecule has 0 radical (unpaired) electrons. The number of furan rings is 1. The predicted molar refractivity (Wildman–Crippen MR) is 130 cm³/mol. The Balaban J connectivity index is 1.40. The molecule has 5 rings (SSSR count). The number of fused-ring (bicyclic) bond motifs is 1. The van der Waals surface area contributed by atoms with Gasteiger partial charge in [0.05, 0.1) is 28.7 Å². The maximum atomic E-state index is 13.9. The molecule has 184 valence electrons. The van der Waals surface area contributed by atoms with Crippen molar-refractivity contribution in [2.24, 2.45) is 0 Å². The van der Waals surface area contributed by atoms with E-state index in [4.69, 9.17) is 4.42 Å². The molecule has 4 heterocycles. The van der Waals surface area contributed by atoms with E-state index < -0.39 is 6.43 Å². The highest BCUT2D eigenvalue weighted by atomic mass is 19.3. The van der Waals surface area contributed by atoms with Crippen molar-refractivity contribution in [2.75, 3.05) is 0 Å². The van der Waals surface area contributed by atoms with Crippen LogP contribution in [0.5, 0.6) is 0 Å². The molecule has 5 aromatic rings. The molecule has 0 saturated carbocycles. The van der Waals surface area contributed by atoms with Crippen LogP contribution < -0.4 is 5.32 Å². The van der Waals surface area contributed by atoms with Gasteiger partial charge in [0.15, 0.2) is 11.4 Å². The van der Waals surface area contributed by atoms with E-state index in [1.54, 1.807) is 19.1 Å². The summed E-state index contributed by atoms with van der Waals surface area (Å²) in [6.07, 6.45) is -1.29. The molecule has 0 atom stereocenters. The number of benzene rings is 1. The molecule has 0 saturated heterocycles. The average Bonchev–Trinajstić information content (AvgIpc) is 3.57. The zero-order valence-electron chi connectivity index (χ0n) is 20.0. The molecule has 4 aromatic heterocycles. The Morgan fingerprint density at radius 2 is 1.83 bits per heavy atom. The Kier molecular flexibility index (Phi) is 6.09. The minimum absolute atomic E-state index is 0.174. The van der Waals surface area contributed by atoms with E-state index >= 15 is 0 Å². The molecule has 8 nitrogen and oxygen atoms in total. The number of alkyl halides is 2. The van der Waals surface area contributed by atoms with Gasteiger partial charge >= 0.3 is 0 Å². The number of halogens is 2. The van der Waals surface area contributed by atoms with Gasteiger partial charge in [-0.05, 0) is 51.1 Å². The van der Waals surface area contributed by atoms with E-state index in [-0.39, 0.29) is 41.3 Å². The Labute approximate surface area is 205 Å². The lowest BCUT2D eigenvalue weighted by atomic mass is 10.1. The molecule has 1 aromatic carbocycles. The Morgan fingerprint density at radius 3 is 2.53 bits per heavy atom. The standard InChI is InChI=1S/C26H24F2N6O2/c1-15-20(17(3)34(32-15)18-8-5-4-6-9-18)13-29-23(35)14-33-26-24(16(2)31-33)19(25(27)28)12-21(30-26)22-10-7-11-36-22/h4-12,25H,13-14H2,1-3H3,(H,29,35). The number of aryl methyl sites for hydroxylation is 2. The second-order valence-electron chi connectivity index (χ2n) is 8.49. The van der Waals surface area contributed by atoms with E-state index in [1.165, 1.54) is 17.0 Å². The van der Waals surface area contributed by atoms with Gasteiger partial charge in [0, 0.05) is 23.4 Å². The van der Waals surface area contributed by atoms with E-state index in [0.29, 0.717) is 11.5 Å². The molecule has 0 aliphatic heterocycles. The van der Waals surface area contributed by atoms with Gasteiger partial charge in [-0.25, -0.2) is 23.1 Å². The molecule has 0 aliphatic carbocycles. The minimum Gasteiger partial charge on any atom is -0.463 e. The van der Waals surface area contributed by atoms with Crippen molar-refractivity contribution >= 4 is 16.9 Å². The minimum atomic E-state index is -2.73. The SMILES string of the molecule is Cc1nn(-c2ccccc2)c(C)c1CNC(=O)Cn1nc(C)c2c(C(F)F)cc(-c3ccco3)nc21. The second-order valence-corrected chi connectivity index (χ2v) is 8.49. The summed E-state index contributed by atoms with van der Waals surface area (Å²) in [5.74, 6) is 0.0319. The van der Waals surface area contributed by atoms with Gasteiger partial charge in [0.1, 0.15) is 12.2 Å². The highest BCUT2D eigenvalue weighted by Gasteiger charge is 2.23. The monoisotopic (exact) mass is 490 g/mol. The third kappa shape index (κ3) is 4.26. The average molecular weight is 491 g/mol. The molecule has 1 N–H and O–H groups in total. The van der Waals surface area contributed by atoms with E-state index in [2.05, 4.69) is 20.5 Å². The van der Waals surface area contributed by atoms with Crippen molar-refractivity contribution in [1.29, 1.82) is 0 Å². The smallest absolute Gasteiger partial charge is 0.264 e. The van der Waals surface area contributed by atoms with Gasteiger partial charge in [0.25, 0.3) is 6.43 Å². The van der Waals surface area contributed by atoms with Crippen molar-refractivity contribution in [3.8, 4) is 17.1 Å². The summed E-state index contributed by atoms with van der Waals surface area (Å²) < 4.78 is 36.3. The molecule has 0 unspecified atom stereocenters. The van der Waals surface area contributed by atoms with Crippen LogP contribution in [-0.4, -0.2) is 30.5 Å². The maximum absolute atomic E-state index is 13.9. The van der Waals surface area contributed by atoms with Crippen LogP contribution in [0.3, 0.4) is 0 Å². The summed E-state index contributed by atoms with van der Waals surface area (Å²) in [6.45, 7) is 5.57. The number of nitrogens with zero attached hydrogens (tertiary/aromatic N) is 5. The molecular weight excluding hydrogens is 466 g/mol. The van der Waals surface area contributed by atoms with Crippen LogP contribution in [0.4, 0.5) is 8.78 Å². The van der Waals surface area contributed by atoms with Gasteiger partial charge in [-0.2, -0.15) is 10.2 Å². The van der Waals surface area contributed by atoms with Gasteiger partial charge in [-0.1, -0.05) is 18.2 Å². The highest BCUT2D eigenvalue weighted by molar-refractivity contribution is 5.86. The van der Waals surface area contributed by atoms with Crippen molar-refractivity contribution in [1.82, 2.24) is 29.9 Å². The van der Waals surface area contributed by atoms with E-state index in [0.717, 1.165) is 22.6 Å². The zero-order chi connectivity index (χ0) is 25.4. The van der Waals surface area contributed by atoms with Gasteiger partial charge in [-0.15, -0.1) is 0 Å². The first kappa shape index (κ1) is 23.4. The molecule has 36 heavy (non-hydrogen) atoms. The number of pyridine rings is 1. The molecule has 10 heteroatoms. The van der Waals surface area contributed by atoms with E-state index in [9.17, 15) is 13.6 Å². The molecule has 0 aliphatic rings. The normalized spacial score (nSPS) is 11.5. The van der Waals surface area contributed by atoms with Crippen LogP contribution in [0.1, 0.15) is 34.6 Å². The number of aromatic nitrogens is 5.